The molecule has 0 radical (unpaired) electrons. The summed E-state index contributed by atoms with van der Waals surface area (Å²) in [6.07, 6.45) is 0. The Hall–Kier alpha value is -1.55. The Morgan fingerprint density at radius 3 is 2.46 bits per heavy atom. The summed E-state index contributed by atoms with van der Waals surface area (Å²) in [6.45, 7) is 0.272. The summed E-state index contributed by atoms with van der Waals surface area (Å²) in [6, 6.07) is 6.84. The lowest BCUT2D eigenvalue weighted by molar-refractivity contribution is 0.201. The zero-order valence-electron chi connectivity index (χ0n) is 7.16. The second kappa shape index (κ2) is 4.47. The first-order valence-corrected chi connectivity index (χ1v) is 3.92. The van der Waals surface area contributed by atoms with E-state index in [2.05, 4.69) is 0 Å². The van der Waals surface area contributed by atoms with Gasteiger partial charge >= 0.3 is 0 Å². The van der Waals surface area contributed by atoms with Gasteiger partial charge in [-0.15, -0.1) is 0 Å². The zero-order valence-corrected chi connectivity index (χ0v) is 7.16. The smallest absolute Gasteiger partial charge is 0.122 e. The summed E-state index contributed by atoms with van der Waals surface area (Å²) < 4.78 is 5.13. The summed E-state index contributed by atoms with van der Waals surface area (Å²) in [5.41, 5.74) is 5.93. The molecule has 0 unspecified atom stereocenters. The van der Waals surface area contributed by atoms with Gasteiger partial charge < -0.3 is 15.6 Å². The van der Waals surface area contributed by atoms with Crippen molar-refractivity contribution in [2.75, 3.05) is 13.2 Å². The molecule has 0 fully saturated rings. The van der Waals surface area contributed by atoms with E-state index in [1.165, 1.54) is 0 Å². The molecule has 70 valence electrons. The van der Waals surface area contributed by atoms with Gasteiger partial charge in [0.1, 0.15) is 18.2 Å². The second-order valence-corrected chi connectivity index (χ2v) is 2.51. The maximum Gasteiger partial charge on any atom is 0.122 e. The first-order chi connectivity index (χ1) is 6.24. The first-order valence-electron chi connectivity index (χ1n) is 3.92. The fourth-order valence-electron chi connectivity index (χ4n) is 0.894. The van der Waals surface area contributed by atoms with Gasteiger partial charge in [0, 0.05) is 5.56 Å². The van der Waals surface area contributed by atoms with Gasteiger partial charge in [0.25, 0.3) is 0 Å². The molecule has 0 aromatic heterocycles. The summed E-state index contributed by atoms with van der Waals surface area (Å²) in [5.74, 6) is 0.702. The average molecular weight is 180 g/mol. The lowest BCUT2D eigenvalue weighted by atomic mass is 10.2. The molecule has 0 bridgehead atoms. The van der Waals surface area contributed by atoms with Gasteiger partial charge in [-0.05, 0) is 24.3 Å². The molecule has 0 atom stereocenters. The highest BCUT2D eigenvalue weighted by atomic mass is 16.5. The topological polar surface area (TPSA) is 79.3 Å². The Bertz CT molecular complexity index is 282. The number of nitrogen functional groups attached to an aromatic ring is 1. The van der Waals surface area contributed by atoms with Gasteiger partial charge in [0.15, 0.2) is 0 Å². The van der Waals surface area contributed by atoms with E-state index < -0.39 is 0 Å². The number of amidine groups is 1. The number of hydrogen-bond acceptors (Lipinski definition) is 3. The van der Waals surface area contributed by atoms with E-state index in [4.69, 9.17) is 21.0 Å². The Kier molecular flexibility index (Phi) is 3.28. The number of nitrogens with one attached hydrogen (secondary N) is 1. The highest BCUT2D eigenvalue weighted by Gasteiger charge is 1.96. The van der Waals surface area contributed by atoms with Crippen LogP contribution in [0.15, 0.2) is 24.3 Å². The number of rotatable bonds is 4. The van der Waals surface area contributed by atoms with Crippen LogP contribution >= 0.6 is 0 Å². The van der Waals surface area contributed by atoms with Crippen LogP contribution in [0.5, 0.6) is 5.75 Å². The van der Waals surface area contributed by atoms with Crippen molar-refractivity contribution < 1.29 is 9.84 Å². The van der Waals surface area contributed by atoms with Crippen molar-refractivity contribution in [1.82, 2.24) is 0 Å². The lowest BCUT2D eigenvalue weighted by Crippen LogP contribution is -2.10. The monoisotopic (exact) mass is 180 g/mol. The van der Waals surface area contributed by atoms with Crippen LogP contribution < -0.4 is 10.5 Å². The summed E-state index contributed by atoms with van der Waals surface area (Å²) >= 11 is 0. The third-order valence-electron chi connectivity index (χ3n) is 1.53. The Morgan fingerprint density at radius 1 is 1.38 bits per heavy atom. The lowest BCUT2D eigenvalue weighted by Gasteiger charge is -2.04. The Morgan fingerprint density at radius 2 is 2.00 bits per heavy atom. The van der Waals surface area contributed by atoms with Crippen molar-refractivity contribution in [1.29, 1.82) is 5.41 Å². The molecule has 0 aliphatic carbocycles. The van der Waals surface area contributed by atoms with Crippen LogP contribution in [0.4, 0.5) is 0 Å². The summed E-state index contributed by atoms with van der Waals surface area (Å²) in [7, 11) is 0. The van der Waals surface area contributed by atoms with Crippen molar-refractivity contribution in [3.63, 3.8) is 0 Å². The van der Waals surface area contributed by atoms with E-state index in [-0.39, 0.29) is 19.0 Å². The molecule has 0 heterocycles. The van der Waals surface area contributed by atoms with E-state index in [9.17, 15) is 0 Å². The molecule has 4 N–H and O–H groups in total. The molecule has 1 aromatic rings. The fraction of sp³-hybridized carbons (Fsp3) is 0.222. The van der Waals surface area contributed by atoms with Crippen LogP contribution in [0.1, 0.15) is 5.56 Å². The SMILES string of the molecule is N=C(N)c1ccc(OCCO)cc1. The third-order valence-corrected chi connectivity index (χ3v) is 1.53. The van der Waals surface area contributed by atoms with Crippen molar-refractivity contribution in [2.45, 2.75) is 0 Å². The van der Waals surface area contributed by atoms with Gasteiger partial charge in [-0.1, -0.05) is 0 Å². The summed E-state index contributed by atoms with van der Waals surface area (Å²) in [4.78, 5) is 0. The molecule has 0 saturated carbocycles. The first kappa shape index (κ1) is 9.54. The van der Waals surface area contributed by atoms with Gasteiger partial charge in [0.05, 0.1) is 6.61 Å². The largest absolute Gasteiger partial charge is 0.491 e. The number of aliphatic hydroxyl groups is 1. The van der Waals surface area contributed by atoms with Crippen LogP contribution in [0.3, 0.4) is 0 Å². The molecule has 0 spiro atoms. The van der Waals surface area contributed by atoms with Crippen LogP contribution in [-0.2, 0) is 0 Å². The van der Waals surface area contributed by atoms with Gasteiger partial charge in [-0.25, -0.2) is 0 Å². The van der Waals surface area contributed by atoms with E-state index in [1.807, 2.05) is 0 Å². The second-order valence-electron chi connectivity index (χ2n) is 2.51. The van der Waals surface area contributed by atoms with Gasteiger partial charge in [-0.3, -0.25) is 5.41 Å². The number of nitrogens with two attached hydrogens (primary N) is 1. The minimum Gasteiger partial charge on any atom is -0.491 e. The van der Waals surface area contributed by atoms with E-state index in [1.54, 1.807) is 24.3 Å². The molecule has 1 rings (SSSR count). The molecule has 1 aromatic carbocycles. The number of benzene rings is 1. The average Bonchev–Trinajstić information content (AvgIpc) is 2.15. The summed E-state index contributed by atoms with van der Waals surface area (Å²) in [5, 5.41) is 15.6. The van der Waals surface area contributed by atoms with Gasteiger partial charge in [0.2, 0.25) is 0 Å². The fourth-order valence-corrected chi connectivity index (χ4v) is 0.894. The molecule has 4 heteroatoms. The molecular weight excluding hydrogens is 168 g/mol. The van der Waals surface area contributed by atoms with Crippen LogP contribution in [0.25, 0.3) is 0 Å². The van der Waals surface area contributed by atoms with Crippen molar-refractivity contribution in [3.8, 4) is 5.75 Å². The maximum absolute atomic E-state index is 8.49. The molecule has 0 aliphatic rings. The standard InChI is InChI=1S/C9H12N2O2/c10-9(11)7-1-3-8(4-2-7)13-6-5-12/h1-4,12H,5-6H2,(H3,10,11). The van der Waals surface area contributed by atoms with Crippen molar-refractivity contribution in [3.05, 3.63) is 29.8 Å². The predicted octanol–water partition coefficient (Wildman–Crippen LogP) is 0.342. The van der Waals surface area contributed by atoms with Crippen LogP contribution in [0, 0.1) is 5.41 Å². The van der Waals surface area contributed by atoms with E-state index in [0.717, 1.165) is 0 Å². The molecule has 4 nitrogen and oxygen atoms in total. The molecule has 0 aliphatic heterocycles. The minimum absolute atomic E-state index is 0.00550. The normalized spacial score (nSPS) is 9.62. The van der Waals surface area contributed by atoms with Crippen molar-refractivity contribution in [2.24, 2.45) is 5.73 Å². The Labute approximate surface area is 76.5 Å². The Balaban J connectivity index is 2.64. The highest BCUT2D eigenvalue weighted by Crippen LogP contribution is 2.11. The van der Waals surface area contributed by atoms with Crippen LogP contribution in [-0.4, -0.2) is 24.2 Å². The van der Waals surface area contributed by atoms with Gasteiger partial charge in [-0.2, -0.15) is 0 Å². The molecular formula is C9H12N2O2. The highest BCUT2D eigenvalue weighted by molar-refractivity contribution is 5.94. The number of ether oxygens (including phenoxy) is 1. The van der Waals surface area contributed by atoms with E-state index >= 15 is 0 Å². The third kappa shape index (κ3) is 2.76. The molecule has 0 amide bonds. The number of aliphatic hydroxyl groups excluding tert-OH is 1. The number of hydrogen-bond donors (Lipinski definition) is 3. The quantitative estimate of drug-likeness (QED) is 0.462. The van der Waals surface area contributed by atoms with Crippen molar-refractivity contribution >= 4 is 5.84 Å². The molecule has 13 heavy (non-hydrogen) atoms. The maximum atomic E-state index is 8.49. The van der Waals surface area contributed by atoms with E-state index in [0.29, 0.717) is 11.3 Å². The molecule has 0 saturated heterocycles. The predicted molar refractivity (Wildman–Crippen MR) is 50.0 cm³/mol. The van der Waals surface area contributed by atoms with Crippen LogP contribution in [0.2, 0.25) is 0 Å². The minimum atomic E-state index is -0.00550. The zero-order chi connectivity index (χ0) is 9.68.